The van der Waals surface area contributed by atoms with Crippen LogP contribution in [0.25, 0.3) is 0 Å². The van der Waals surface area contributed by atoms with Crippen molar-refractivity contribution in [3.8, 4) is 0 Å². The molecule has 0 unspecified atom stereocenters. The van der Waals surface area contributed by atoms with Crippen LogP contribution in [0.4, 0.5) is 0 Å². The summed E-state index contributed by atoms with van der Waals surface area (Å²) in [6.45, 7) is 8.42. The van der Waals surface area contributed by atoms with Crippen molar-refractivity contribution in [3.63, 3.8) is 0 Å². The summed E-state index contributed by atoms with van der Waals surface area (Å²) >= 11 is 0. The molecule has 0 N–H and O–H groups in total. The van der Waals surface area contributed by atoms with Crippen molar-refractivity contribution in [1.82, 2.24) is 0 Å². The van der Waals surface area contributed by atoms with Crippen LogP contribution in [-0.4, -0.2) is 20.8 Å². The van der Waals surface area contributed by atoms with Crippen molar-refractivity contribution >= 4 is 10.1 Å². The van der Waals surface area contributed by atoms with Gasteiger partial charge in [0.1, 0.15) is 0 Å². The Morgan fingerprint density at radius 3 is 1.93 bits per heavy atom. The van der Waals surface area contributed by atoms with Gasteiger partial charge in [0.2, 0.25) is 0 Å². The molecule has 0 spiro atoms. The van der Waals surface area contributed by atoms with E-state index in [9.17, 15) is 8.42 Å². The van der Waals surface area contributed by atoms with Gasteiger partial charge in [0.05, 0.1) is 12.4 Å². The summed E-state index contributed by atoms with van der Waals surface area (Å²) in [5.74, 6) is 1.02. The molecular weight excluding hydrogens is 200 g/mol. The van der Waals surface area contributed by atoms with Gasteiger partial charge in [0, 0.05) is 0 Å². The molecule has 0 aliphatic carbocycles. The lowest BCUT2D eigenvalue weighted by Crippen LogP contribution is -2.13. The normalized spacial score (nSPS) is 12.7. The van der Waals surface area contributed by atoms with Crippen molar-refractivity contribution in [2.75, 3.05) is 12.4 Å². The van der Waals surface area contributed by atoms with Gasteiger partial charge in [-0.1, -0.05) is 27.7 Å². The minimum Gasteiger partial charge on any atom is -0.270 e. The van der Waals surface area contributed by atoms with E-state index in [-0.39, 0.29) is 5.75 Å². The second kappa shape index (κ2) is 6.40. The molecule has 14 heavy (non-hydrogen) atoms. The molecule has 0 radical (unpaired) electrons. The Kier molecular flexibility index (Phi) is 6.36. The highest BCUT2D eigenvalue weighted by Gasteiger charge is 2.11. The zero-order chi connectivity index (χ0) is 11.2. The Morgan fingerprint density at radius 1 is 1.00 bits per heavy atom. The molecule has 0 rings (SSSR count). The molecular formula is C10H22O3S. The molecule has 0 aromatic rings. The summed E-state index contributed by atoms with van der Waals surface area (Å²) in [4.78, 5) is 0. The average molecular weight is 222 g/mol. The molecule has 0 aliphatic rings. The fourth-order valence-electron chi connectivity index (χ4n) is 0.850. The molecule has 0 bridgehead atoms. The molecule has 0 aromatic carbocycles. The first-order valence-corrected chi connectivity index (χ1v) is 6.78. The second-order valence-corrected chi connectivity index (χ2v) is 6.21. The van der Waals surface area contributed by atoms with Crippen LogP contribution in [0.1, 0.15) is 40.5 Å². The lowest BCUT2D eigenvalue weighted by atomic mass is 10.2. The van der Waals surface area contributed by atoms with Crippen LogP contribution in [0.3, 0.4) is 0 Å². The maximum Gasteiger partial charge on any atom is 0.267 e. The number of hydrogen-bond donors (Lipinski definition) is 0. The highest BCUT2D eigenvalue weighted by Crippen LogP contribution is 2.06. The molecule has 0 saturated carbocycles. The van der Waals surface area contributed by atoms with Crippen molar-refractivity contribution < 1.29 is 12.6 Å². The number of hydrogen-bond acceptors (Lipinski definition) is 3. The van der Waals surface area contributed by atoms with Crippen LogP contribution in [0.5, 0.6) is 0 Å². The van der Waals surface area contributed by atoms with E-state index in [1.54, 1.807) is 0 Å². The predicted octanol–water partition coefficient (Wildman–Crippen LogP) is 2.43. The van der Waals surface area contributed by atoms with E-state index in [1.165, 1.54) is 0 Å². The topological polar surface area (TPSA) is 43.4 Å². The molecule has 4 heteroatoms. The van der Waals surface area contributed by atoms with E-state index in [4.69, 9.17) is 4.18 Å². The zero-order valence-electron chi connectivity index (χ0n) is 9.62. The van der Waals surface area contributed by atoms with Crippen LogP contribution in [-0.2, 0) is 14.3 Å². The van der Waals surface area contributed by atoms with Crippen molar-refractivity contribution in [1.29, 1.82) is 0 Å². The minimum atomic E-state index is -3.27. The average Bonchev–Trinajstić information content (AvgIpc) is 2.00. The fourth-order valence-corrected chi connectivity index (χ4v) is 2.08. The molecule has 3 nitrogen and oxygen atoms in total. The Balaban J connectivity index is 3.73. The lowest BCUT2D eigenvalue weighted by molar-refractivity contribution is 0.291. The van der Waals surface area contributed by atoms with E-state index < -0.39 is 10.1 Å². The van der Waals surface area contributed by atoms with Gasteiger partial charge in [-0.05, 0) is 24.7 Å². The first-order chi connectivity index (χ1) is 6.33. The third kappa shape index (κ3) is 8.51. The van der Waals surface area contributed by atoms with Gasteiger partial charge in [-0.25, -0.2) is 0 Å². The molecule has 0 aliphatic heterocycles. The van der Waals surface area contributed by atoms with Gasteiger partial charge >= 0.3 is 0 Å². The Labute approximate surface area is 88.0 Å². The van der Waals surface area contributed by atoms with Gasteiger partial charge in [-0.2, -0.15) is 8.42 Å². The zero-order valence-corrected chi connectivity index (χ0v) is 10.4. The first kappa shape index (κ1) is 13.9. The van der Waals surface area contributed by atoms with Crippen molar-refractivity contribution in [2.24, 2.45) is 11.8 Å². The van der Waals surface area contributed by atoms with Crippen LogP contribution < -0.4 is 0 Å². The highest BCUT2D eigenvalue weighted by molar-refractivity contribution is 7.86. The van der Waals surface area contributed by atoms with Gasteiger partial charge in [-0.15, -0.1) is 0 Å². The maximum absolute atomic E-state index is 11.3. The largest absolute Gasteiger partial charge is 0.270 e. The van der Waals surface area contributed by atoms with Gasteiger partial charge in [-0.3, -0.25) is 4.18 Å². The smallest absolute Gasteiger partial charge is 0.267 e. The maximum atomic E-state index is 11.3. The summed E-state index contributed by atoms with van der Waals surface area (Å²) in [6.07, 6.45) is 1.46. The predicted molar refractivity (Wildman–Crippen MR) is 58.6 cm³/mol. The molecule has 0 atom stereocenters. The Morgan fingerprint density at radius 2 is 1.50 bits per heavy atom. The van der Waals surface area contributed by atoms with E-state index in [2.05, 4.69) is 0 Å². The Hall–Kier alpha value is -0.0900. The quantitative estimate of drug-likeness (QED) is 0.621. The summed E-state index contributed by atoms with van der Waals surface area (Å²) in [5, 5.41) is 0. The summed E-state index contributed by atoms with van der Waals surface area (Å²) in [5.41, 5.74) is 0. The third-order valence-corrected chi connectivity index (χ3v) is 3.16. The van der Waals surface area contributed by atoms with Crippen LogP contribution in [0, 0.1) is 11.8 Å². The monoisotopic (exact) mass is 222 g/mol. The second-order valence-electron chi connectivity index (χ2n) is 4.45. The first-order valence-electron chi connectivity index (χ1n) is 5.20. The van der Waals surface area contributed by atoms with Crippen LogP contribution >= 0.6 is 0 Å². The lowest BCUT2D eigenvalue weighted by Gasteiger charge is -2.08. The summed E-state index contributed by atoms with van der Waals surface area (Å²) < 4.78 is 27.5. The van der Waals surface area contributed by atoms with Gasteiger partial charge in [0.15, 0.2) is 0 Å². The SMILES string of the molecule is CC(C)CCOS(=O)(=O)CCC(C)C. The minimum absolute atomic E-state index is 0.142. The van der Waals surface area contributed by atoms with E-state index >= 15 is 0 Å². The summed E-state index contributed by atoms with van der Waals surface area (Å²) in [6, 6.07) is 0. The molecule has 86 valence electrons. The van der Waals surface area contributed by atoms with E-state index in [0.717, 1.165) is 6.42 Å². The molecule has 0 fully saturated rings. The molecule has 0 amide bonds. The highest BCUT2D eigenvalue weighted by atomic mass is 32.2. The molecule has 0 aromatic heterocycles. The van der Waals surface area contributed by atoms with E-state index in [0.29, 0.717) is 24.9 Å². The fraction of sp³-hybridized carbons (Fsp3) is 1.00. The molecule has 0 saturated heterocycles. The van der Waals surface area contributed by atoms with Crippen LogP contribution in [0.15, 0.2) is 0 Å². The Bertz CT molecular complexity index is 230. The van der Waals surface area contributed by atoms with E-state index in [1.807, 2.05) is 27.7 Å². The van der Waals surface area contributed by atoms with Gasteiger partial charge in [0.25, 0.3) is 10.1 Å². The standard InChI is InChI=1S/C10H22O3S/c1-9(2)5-7-13-14(11,12)8-6-10(3)4/h9-10H,5-8H2,1-4H3. The molecule has 0 heterocycles. The van der Waals surface area contributed by atoms with Crippen molar-refractivity contribution in [2.45, 2.75) is 40.5 Å². The van der Waals surface area contributed by atoms with Gasteiger partial charge < -0.3 is 0 Å². The van der Waals surface area contributed by atoms with Crippen molar-refractivity contribution in [3.05, 3.63) is 0 Å². The van der Waals surface area contributed by atoms with Crippen LogP contribution in [0.2, 0.25) is 0 Å². The summed E-state index contributed by atoms with van der Waals surface area (Å²) in [7, 11) is -3.27. The third-order valence-electron chi connectivity index (χ3n) is 1.90. The number of rotatable bonds is 7.